The lowest BCUT2D eigenvalue weighted by molar-refractivity contribution is -0.118. The highest BCUT2D eigenvalue weighted by Crippen LogP contribution is 2.11. The van der Waals surface area contributed by atoms with Crippen LogP contribution >= 0.6 is 0 Å². The molecule has 14 heavy (non-hydrogen) atoms. The maximum Gasteiger partial charge on any atom is 0.217 e. The number of nitrogens with one attached hydrogen (secondary N) is 1. The molecule has 72 valence electrons. The van der Waals surface area contributed by atoms with Crippen LogP contribution in [0, 0.1) is 11.8 Å². The minimum atomic E-state index is -0.127. The van der Waals surface area contributed by atoms with Gasteiger partial charge in [0, 0.05) is 13.1 Å². The van der Waals surface area contributed by atoms with Crippen LogP contribution in [0.1, 0.15) is 12.5 Å². The summed E-state index contributed by atoms with van der Waals surface area (Å²) in [5.41, 5.74) is 0.505. The standard InChI is InChI=1S/C10H10N2O2/c1-8(13)12-5-2-3-9-4-6-11-7-10(9)14/h4,6-7,14H,5H2,1H3,(H,12,13). The quantitative estimate of drug-likeness (QED) is 0.625. The SMILES string of the molecule is CC(=O)NCC#Cc1ccncc1O. The van der Waals surface area contributed by atoms with Crippen molar-refractivity contribution in [3.8, 4) is 17.6 Å². The van der Waals surface area contributed by atoms with Gasteiger partial charge in [0.2, 0.25) is 5.91 Å². The van der Waals surface area contributed by atoms with Gasteiger partial charge in [-0.3, -0.25) is 9.78 Å². The smallest absolute Gasteiger partial charge is 0.217 e. The van der Waals surface area contributed by atoms with Gasteiger partial charge in [-0.15, -0.1) is 0 Å². The van der Waals surface area contributed by atoms with Gasteiger partial charge in [0.05, 0.1) is 18.3 Å². The third kappa shape index (κ3) is 3.15. The molecule has 0 bridgehead atoms. The van der Waals surface area contributed by atoms with Crippen molar-refractivity contribution in [3.63, 3.8) is 0 Å². The number of hydrogen-bond donors (Lipinski definition) is 2. The molecule has 0 atom stereocenters. The lowest BCUT2D eigenvalue weighted by Gasteiger charge is -1.94. The number of carbonyl (C=O) groups is 1. The molecule has 4 heteroatoms. The fourth-order valence-corrected chi connectivity index (χ4v) is 0.800. The zero-order valence-corrected chi connectivity index (χ0v) is 7.74. The first-order chi connectivity index (χ1) is 6.70. The van der Waals surface area contributed by atoms with E-state index >= 15 is 0 Å². The van der Waals surface area contributed by atoms with E-state index in [1.54, 1.807) is 12.3 Å². The number of pyridine rings is 1. The molecule has 0 aliphatic carbocycles. The summed E-state index contributed by atoms with van der Waals surface area (Å²) in [7, 11) is 0. The average Bonchev–Trinajstić information content (AvgIpc) is 2.15. The summed E-state index contributed by atoms with van der Waals surface area (Å²) in [6, 6.07) is 1.61. The van der Waals surface area contributed by atoms with Crippen LogP contribution in [0.2, 0.25) is 0 Å². The number of amides is 1. The Morgan fingerprint density at radius 2 is 2.50 bits per heavy atom. The molecule has 0 aliphatic rings. The molecule has 0 unspecified atom stereocenters. The highest BCUT2D eigenvalue weighted by molar-refractivity contribution is 5.73. The summed E-state index contributed by atoms with van der Waals surface area (Å²) >= 11 is 0. The van der Waals surface area contributed by atoms with Gasteiger partial charge in [0.1, 0.15) is 5.75 Å². The number of rotatable bonds is 1. The largest absolute Gasteiger partial charge is 0.505 e. The van der Waals surface area contributed by atoms with Gasteiger partial charge in [0.25, 0.3) is 0 Å². The molecule has 1 amide bonds. The van der Waals surface area contributed by atoms with Crippen LogP contribution < -0.4 is 5.32 Å². The summed E-state index contributed by atoms with van der Waals surface area (Å²) in [5.74, 6) is 5.34. The van der Waals surface area contributed by atoms with Crippen molar-refractivity contribution in [1.82, 2.24) is 10.3 Å². The molecule has 4 nitrogen and oxygen atoms in total. The normalized spacial score (nSPS) is 8.64. The second kappa shape index (κ2) is 4.87. The minimum Gasteiger partial charge on any atom is -0.505 e. The topological polar surface area (TPSA) is 62.2 Å². The van der Waals surface area contributed by atoms with Crippen LogP contribution in [-0.4, -0.2) is 22.5 Å². The maximum atomic E-state index is 10.5. The molecule has 1 heterocycles. The molecule has 1 aromatic rings. The van der Waals surface area contributed by atoms with E-state index in [-0.39, 0.29) is 18.2 Å². The Morgan fingerprint density at radius 1 is 1.71 bits per heavy atom. The Balaban J connectivity index is 2.59. The Morgan fingerprint density at radius 3 is 3.14 bits per heavy atom. The molecule has 1 rings (SSSR count). The van der Waals surface area contributed by atoms with E-state index in [0.717, 1.165) is 0 Å². The summed E-state index contributed by atoms with van der Waals surface area (Å²) in [6.07, 6.45) is 2.87. The first-order valence-corrected chi connectivity index (χ1v) is 4.06. The zero-order valence-electron chi connectivity index (χ0n) is 7.74. The van der Waals surface area contributed by atoms with E-state index in [0.29, 0.717) is 5.56 Å². The second-order valence-electron chi connectivity index (χ2n) is 2.60. The molecule has 0 fully saturated rings. The molecule has 0 saturated heterocycles. The monoisotopic (exact) mass is 190 g/mol. The molecule has 2 N–H and O–H groups in total. The molecule has 0 aliphatic heterocycles. The molecule has 0 spiro atoms. The highest BCUT2D eigenvalue weighted by Gasteiger charge is 1.93. The van der Waals surface area contributed by atoms with Crippen molar-refractivity contribution < 1.29 is 9.90 Å². The van der Waals surface area contributed by atoms with E-state index in [1.165, 1.54) is 13.1 Å². The van der Waals surface area contributed by atoms with Gasteiger partial charge in [0.15, 0.2) is 0 Å². The van der Waals surface area contributed by atoms with Crippen LogP contribution in [0.15, 0.2) is 18.5 Å². The molecular weight excluding hydrogens is 180 g/mol. The highest BCUT2D eigenvalue weighted by atomic mass is 16.3. The number of aromatic hydroxyl groups is 1. The zero-order chi connectivity index (χ0) is 10.4. The van der Waals surface area contributed by atoms with Gasteiger partial charge in [-0.25, -0.2) is 0 Å². The van der Waals surface area contributed by atoms with Crippen molar-refractivity contribution in [2.45, 2.75) is 6.92 Å². The summed E-state index contributed by atoms with van der Waals surface area (Å²) in [6.45, 7) is 1.70. The Labute approximate surface area is 82.0 Å². The molecule has 1 aromatic heterocycles. The Bertz CT molecular complexity index is 391. The lowest BCUT2D eigenvalue weighted by Crippen LogP contribution is -2.19. The number of aromatic nitrogens is 1. The lowest BCUT2D eigenvalue weighted by atomic mass is 10.2. The van der Waals surface area contributed by atoms with Crippen LogP contribution in [0.5, 0.6) is 5.75 Å². The van der Waals surface area contributed by atoms with Gasteiger partial charge < -0.3 is 10.4 Å². The predicted octanol–water partition coefficient (Wildman–Crippen LogP) is 0.275. The number of hydrogen-bond acceptors (Lipinski definition) is 3. The Hall–Kier alpha value is -2.02. The van der Waals surface area contributed by atoms with Crippen LogP contribution in [0.4, 0.5) is 0 Å². The van der Waals surface area contributed by atoms with Gasteiger partial charge in [-0.1, -0.05) is 11.8 Å². The predicted molar refractivity (Wildman–Crippen MR) is 51.5 cm³/mol. The van der Waals surface area contributed by atoms with E-state index in [1.807, 2.05) is 0 Å². The molecular formula is C10H10N2O2. The van der Waals surface area contributed by atoms with Crippen LogP contribution in [0.25, 0.3) is 0 Å². The molecule has 0 aromatic carbocycles. The van der Waals surface area contributed by atoms with Crippen molar-refractivity contribution in [2.75, 3.05) is 6.54 Å². The van der Waals surface area contributed by atoms with Crippen LogP contribution in [-0.2, 0) is 4.79 Å². The van der Waals surface area contributed by atoms with Gasteiger partial charge in [-0.2, -0.15) is 0 Å². The van der Waals surface area contributed by atoms with E-state index < -0.39 is 0 Å². The third-order valence-electron chi connectivity index (χ3n) is 1.45. The summed E-state index contributed by atoms with van der Waals surface area (Å²) in [5, 5.41) is 11.8. The summed E-state index contributed by atoms with van der Waals surface area (Å²) in [4.78, 5) is 14.2. The average molecular weight is 190 g/mol. The number of nitrogens with zero attached hydrogens (tertiary/aromatic N) is 1. The van der Waals surface area contributed by atoms with Crippen molar-refractivity contribution in [2.24, 2.45) is 0 Å². The van der Waals surface area contributed by atoms with Crippen molar-refractivity contribution in [1.29, 1.82) is 0 Å². The first kappa shape index (κ1) is 10.1. The fraction of sp³-hybridized carbons (Fsp3) is 0.200. The second-order valence-corrected chi connectivity index (χ2v) is 2.60. The summed E-state index contributed by atoms with van der Waals surface area (Å²) < 4.78 is 0. The van der Waals surface area contributed by atoms with Crippen LogP contribution in [0.3, 0.4) is 0 Å². The number of carbonyl (C=O) groups excluding carboxylic acids is 1. The third-order valence-corrected chi connectivity index (χ3v) is 1.45. The first-order valence-electron chi connectivity index (χ1n) is 4.06. The minimum absolute atomic E-state index is 0.0443. The van der Waals surface area contributed by atoms with E-state index in [9.17, 15) is 9.90 Å². The molecule has 0 radical (unpaired) electrons. The fourth-order valence-electron chi connectivity index (χ4n) is 0.800. The molecule has 0 saturated carbocycles. The van der Waals surface area contributed by atoms with Gasteiger partial charge in [-0.05, 0) is 6.07 Å². The maximum absolute atomic E-state index is 10.5. The van der Waals surface area contributed by atoms with Crippen molar-refractivity contribution >= 4 is 5.91 Å². The van der Waals surface area contributed by atoms with Crippen molar-refractivity contribution in [3.05, 3.63) is 24.0 Å². The van der Waals surface area contributed by atoms with E-state index in [4.69, 9.17) is 0 Å². The van der Waals surface area contributed by atoms with Gasteiger partial charge >= 0.3 is 0 Å². The van der Waals surface area contributed by atoms with E-state index in [2.05, 4.69) is 22.1 Å². The Kier molecular flexibility index (Phi) is 3.50.